The van der Waals surface area contributed by atoms with Crippen molar-refractivity contribution in [3.05, 3.63) is 0 Å². The number of hydrogen-bond acceptors (Lipinski definition) is 2. The summed E-state index contributed by atoms with van der Waals surface area (Å²) >= 11 is 0. The summed E-state index contributed by atoms with van der Waals surface area (Å²) in [6.45, 7) is 10.3. The van der Waals surface area contributed by atoms with Gasteiger partial charge in [-0.25, -0.2) is 0 Å². The van der Waals surface area contributed by atoms with Crippen molar-refractivity contribution in [1.82, 2.24) is 0 Å². The Morgan fingerprint density at radius 1 is 1.44 bits per heavy atom. The summed E-state index contributed by atoms with van der Waals surface area (Å²) in [5, 5.41) is 0. The Morgan fingerprint density at radius 3 is 2.44 bits per heavy atom. The monoisotopic (exact) mass is 224 g/mol. The molecular formula is C14H24O2. The molecule has 0 heterocycles. The zero-order chi connectivity index (χ0) is 12.1. The number of carbonyl (C=O) groups is 1. The summed E-state index contributed by atoms with van der Waals surface area (Å²) < 4.78 is 5.63. The Balaban J connectivity index is 2.12. The Morgan fingerprint density at radius 2 is 2.06 bits per heavy atom. The molecule has 0 amide bonds. The molecule has 4 atom stereocenters. The molecule has 2 aliphatic rings. The highest BCUT2D eigenvalue weighted by molar-refractivity contribution is 5.80. The van der Waals surface area contributed by atoms with Crippen LogP contribution in [0.4, 0.5) is 0 Å². The van der Waals surface area contributed by atoms with Gasteiger partial charge < -0.3 is 4.74 Å². The van der Waals surface area contributed by atoms with E-state index in [4.69, 9.17) is 4.74 Å². The van der Waals surface area contributed by atoms with Crippen molar-refractivity contribution in [2.45, 2.75) is 59.5 Å². The molecule has 0 aromatic rings. The quantitative estimate of drug-likeness (QED) is 0.687. The molecule has 0 N–H and O–H groups in total. The first-order valence-electron chi connectivity index (χ1n) is 6.56. The van der Waals surface area contributed by atoms with E-state index >= 15 is 0 Å². The fourth-order valence-electron chi connectivity index (χ4n) is 3.60. The Kier molecular flexibility index (Phi) is 2.60. The Labute approximate surface area is 98.7 Å². The van der Waals surface area contributed by atoms with Gasteiger partial charge in [-0.1, -0.05) is 20.3 Å². The Hall–Kier alpha value is -0.530. The zero-order valence-electron chi connectivity index (χ0n) is 11.2. The number of fused-ring (bicyclic) bond motifs is 1. The smallest absolute Gasteiger partial charge is 0.313 e. The second-order valence-electron chi connectivity index (χ2n) is 6.59. The lowest BCUT2D eigenvalue weighted by Gasteiger charge is -2.46. The van der Waals surface area contributed by atoms with Crippen LogP contribution in [-0.4, -0.2) is 11.6 Å². The van der Waals surface area contributed by atoms with E-state index in [9.17, 15) is 4.79 Å². The minimum Gasteiger partial charge on any atom is -0.460 e. The first-order valence-corrected chi connectivity index (χ1v) is 6.56. The molecule has 2 nitrogen and oxygen atoms in total. The standard InChI is InChI=1S/C14H24O2/c1-6-7-14(9(2)10-8-11(10)14)12(15)16-13(3,4)5/h9-11H,6-8H2,1-5H3. The van der Waals surface area contributed by atoms with Crippen LogP contribution in [0, 0.1) is 23.2 Å². The topological polar surface area (TPSA) is 26.3 Å². The molecule has 2 rings (SSSR count). The predicted octanol–water partition coefficient (Wildman–Crippen LogP) is 3.40. The lowest BCUT2D eigenvalue weighted by molar-refractivity contribution is -0.182. The van der Waals surface area contributed by atoms with E-state index in [1.807, 2.05) is 20.8 Å². The van der Waals surface area contributed by atoms with Crippen molar-refractivity contribution in [3.63, 3.8) is 0 Å². The average molecular weight is 224 g/mol. The summed E-state index contributed by atoms with van der Waals surface area (Å²) in [6, 6.07) is 0. The minimum atomic E-state index is -0.350. The van der Waals surface area contributed by atoms with E-state index in [2.05, 4.69) is 13.8 Å². The number of ether oxygens (including phenoxy) is 1. The lowest BCUT2D eigenvalue weighted by Crippen LogP contribution is -2.51. The molecule has 0 aromatic carbocycles. The first kappa shape index (κ1) is 11.9. The van der Waals surface area contributed by atoms with Crippen LogP contribution in [0.25, 0.3) is 0 Å². The second-order valence-corrected chi connectivity index (χ2v) is 6.59. The maximum Gasteiger partial charge on any atom is 0.313 e. The van der Waals surface area contributed by atoms with E-state index in [0.717, 1.165) is 18.8 Å². The highest BCUT2D eigenvalue weighted by Crippen LogP contribution is 2.73. The summed E-state index contributed by atoms with van der Waals surface area (Å²) in [5.74, 6) is 2.05. The number of rotatable bonds is 3. The van der Waals surface area contributed by atoms with Gasteiger partial charge >= 0.3 is 5.97 Å². The molecule has 0 saturated heterocycles. The lowest BCUT2D eigenvalue weighted by atomic mass is 9.58. The molecule has 0 aliphatic heterocycles. The van der Waals surface area contributed by atoms with Crippen LogP contribution >= 0.6 is 0 Å². The molecule has 0 radical (unpaired) electrons. The van der Waals surface area contributed by atoms with Gasteiger partial charge in [-0.2, -0.15) is 0 Å². The predicted molar refractivity (Wildman–Crippen MR) is 63.9 cm³/mol. The van der Waals surface area contributed by atoms with Gasteiger partial charge in [0.05, 0.1) is 5.41 Å². The summed E-state index contributed by atoms with van der Waals surface area (Å²) in [4.78, 5) is 12.4. The van der Waals surface area contributed by atoms with Crippen LogP contribution in [0.3, 0.4) is 0 Å². The summed E-state index contributed by atoms with van der Waals surface area (Å²) in [7, 11) is 0. The van der Waals surface area contributed by atoms with E-state index in [-0.39, 0.29) is 17.0 Å². The van der Waals surface area contributed by atoms with Gasteiger partial charge in [-0.15, -0.1) is 0 Å². The number of carbonyl (C=O) groups excluding carboxylic acids is 1. The van der Waals surface area contributed by atoms with Crippen molar-refractivity contribution in [1.29, 1.82) is 0 Å². The van der Waals surface area contributed by atoms with Crippen molar-refractivity contribution in [3.8, 4) is 0 Å². The van der Waals surface area contributed by atoms with Gasteiger partial charge in [-0.05, 0) is 51.4 Å². The third kappa shape index (κ3) is 1.57. The maximum absolute atomic E-state index is 12.4. The summed E-state index contributed by atoms with van der Waals surface area (Å²) in [5.41, 5.74) is -0.482. The van der Waals surface area contributed by atoms with Crippen molar-refractivity contribution < 1.29 is 9.53 Å². The van der Waals surface area contributed by atoms with Gasteiger partial charge in [-0.3, -0.25) is 4.79 Å². The van der Waals surface area contributed by atoms with Crippen molar-refractivity contribution >= 4 is 5.97 Å². The van der Waals surface area contributed by atoms with Crippen LogP contribution in [0.15, 0.2) is 0 Å². The molecule has 4 unspecified atom stereocenters. The third-order valence-corrected chi connectivity index (χ3v) is 4.40. The minimum absolute atomic E-state index is 0.0631. The second kappa shape index (κ2) is 3.48. The van der Waals surface area contributed by atoms with E-state index in [1.54, 1.807) is 0 Å². The maximum atomic E-state index is 12.4. The highest BCUT2D eigenvalue weighted by Gasteiger charge is 2.72. The molecule has 0 bridgehead atoms. The average Bonchev–Trinajstić information content (AvgIpc) is 2.87. The fourth-order valence-corrected chi connectivity index (χ4v) is 3.60. The molecule has 2 saturated carbocycles. The van der Waals surface area contributed by atoms with Crippen molar-refractivity contribution in [2.24, 2.45) is 23.2 Å². The molecule has 0 spiro atoms. The zero-order valence-corrected chi connectivity index (χ0v) is 11.2. The molecule has 0 aromatic heterocycles. The van der Waals surface area contributed by atoms with Gasteiger partial charge in [0.2, 0.25) is 0 Å². The molecule has 2 fully saturated rings. The van der Waals surface area contributed by atoms with Crippen LogP contribution in [0.2, 0.25) is 0 Å². The molecular weight excluding hydrogens is 200 g/mol. The first-order chi connectivity index (χ1) is 7.33. The normalized spacial score (nSPS) is 40.9. The van der Waals surface area contributed by atoms with E-state index in [1.165, 1.54) is 6.42 Å². The van der Waals surface area contributed by atoms with Crippen LogP contribution in [0.5, 0.6) is 0 Å². The Bertz CT molecular complexity index is 302. The number of hydrogen-bond donors (Lipinski definition) is 0. The largest absolute Gasteiger partial charge is 0.460 e. The van der Waals surface area contributed by atoms with Crippen molar-refractivity contribution in [2.75, 3.05) is 0 Å². The SMILES string of the molecule is CCCC1(C(=O)OC(C)(C)C)C(C)C2CC21. The van der Waals surface area contributed by atoms with Gasteiger partial charge in [0, 0.05) is 0 Å². The third-order valence-electron chi connectivity index (χ3n) is 4.40. The van der Waals surface area contributed by atoms with Gasteiger partial charge in [0.1, 0.15) is 5.60 Å². The summed E-state index contributed by atoms with van der Waals surface area (Å²) in [6.07, 6.45) is 3.33. The van der Waals surface area contributed by atoms with Gasteiger partial charge in [0.15, 0.2) is 0 Å². The van der Waals surface area contributed by atoms with E-state index in [0.29, 0.717) is 11.8 Å². The van der Waals surface area contributed by atoms with Gasteiger partial charge in [0.25, 0.3) is 0 Å². The van der Waals surface area contributed by atoms with E-state index < -0.39 is 0 Å². The molecule has 16 heavy (non-hydrogen) atoms. The van der Waals surface area contributed by atoms with Crippen LogP contribution in [0.1, 0.15) is 53.9 Å². The fraction of sp³-hybridized carbons (Fsp3) is 0.929. The highest BCUT2D eigenvalue weighted by atomic mass is 16.6. The molecule has 2 heteroatoms. The van der Waals surface area contributed by atoms with Crippen LogP contribution < -0.4 is 0 Å². The number of esters is 1. The molecule has 92 valence electrons. The van der Waals surface area contributed by atoms with Crippen LogP contribution in [-0.2, 0) is 9.53 Å². The molecule has 2 aliphatic carbocycles.